The minimum absolute atomic E-state index is 0.00404. The molecule has 5 nitrogen and oxygen atoms in total. The molecule has 0 bridgehead atoms. The molecule has 176 valence electrons. The van der Waals surface area contributed by atoms with Gasteiger partial charge in [-0.05, 0) is 42.2 Å². The molecule has 0 radical (unpaired) electrons. The molecule has 1 heterocycles. The summed E-state index contributed by atoms with van der Waals surface area (Å²) >= 11 is 0. The smallest absolute Gasteiger partial charge is 0.256 e. The summed E-state index contributed by atoms with van der Waals surface area (Å²) in [7, 11) is 1.63. The summed E-state index contributed by atoms with van der Waals surface area (Å²) in [5.74, 6) is -0.622. The molecular formula is C28H29FN2O3. The Morgan fingerprint density at radius 3 is 2.44 bits per heavy atom. The highest BCUT2D eigenvalue weighted by atomic mass is 19.1. The van der Waals surface area contributed by atoms with E-state index in [0.29, 0.717) is 25.9 Å². The number of carbonyl (C=O) groups is 2. The number of rotatable bonds is 7. The van der Waals surface area contributed by atoms with Crippen LogP contribution in [0.3, 0.4) is 0 Å². The molecule has 6 heteroatoms. The Morgan fingerprint density at radius 1 is 0.971 bits per heavy atom. The average Bonchev–Trinajstić information content (AvgIpc) is 2.89. The van der Waals surface area contributed by atoms with Gasteiger partial charge in [0.25, 0.3) is 5.91 Å². The zero-order chi connectivity index (χ0) is 23.9. The number of likely N-dealkylation sites (tertiary alicyclic amines) is 1. The van der Waals surface area contributed by atoms with E-state index in [1.807, 2.05) is 54.6 Å². The maximum atomic E-state index is 14.3. The van der Waals surface area contributed by atoms with Crippen LogP contribution in [0.4, 0.5) is 4.39 Å². The number of para-hydroxylation sites is 1. The van der Waals surface area contributed by atoms with Gasteiger partial charge in [0.15, 0.2) is 0 Å². The maximum Gasteiger partial charge on any atom is 0.256 e. The normalized spacial score (nSPS) is 17.8. The molecule has 1 fully saturated rings. The number of methoxy groups -OCH3 is 1. The number of nitrogens with one attached hydrogen (secondary N) is 1. The number of carbonyl (C=O) groups excluding carboxylic acids is 2. The third kappa shape index (κ3) is 5.45. The van der Waals surface area contributed by atoms with Gasteiger partial charge in [-0.15, -0.1) is 0 Å². The van der Waals surface area contributed by atoms with Gasteiger partial charge in [0, 0.05) is 25.6 Å². The van der Waals surface area contributed by atoms with Gasteiger partial charge >= 0.3 is 0 Å². The average molecular weight is 461 g/mol. The van der Waals surface area contributed by atoms with Crippen LogP contribution in [-0.4, -0.2) is 43.5 Å². The lowest BCUT2D eigenvalue weighted by Gasteiger charge is -2.37. The Kier molecular flexibility index (Phi) is 7.58. The summed E-state index contributed by atoms with van der Waals surface area (Å²) in [5, 5.41) is 3.03. The first-order valence-corrected chi connectivity index (χ1v) is 11.5. The molecule has 1 saturated heterocycles. The third-order valence-electron chi connectivity index (χ3n) is 6.37. The van der Waals surface area contributed by atoms with Crippen LogP contribution in [0.25, 0.3) is 0 Å². The second-order valence-corrected chi connectivity index (χ2v) is 8.58. The topological polar surface area (TPSA) is 58.6 Å². The van der Waals surface area contributed by atoms with Crippen molar-refractivity contribution >= 4 is 11.8 Å². The first kappa shape index (κ1) is 23.5. The van der Waals surface area contributed by atoms with E-state index in [-0.39, 0.29) is 35.8 Å². The third-order valence-corrected chi connectivity index (χ3v) is 6.37. The van der Waals surface area contributed by atoms with Crippen LogP contribution in [0.2, 0.25) is 0 Å². The lowest BCUT2D eigenvalue weighted by molar-refractivity contribution is -0.126. The zero-order valence-corrected chi connectivity index (χ0v) is 19.2. The van der Waals surface area contributed by atoms with E-state index in [1.54, 1.807) is 24.1 Å². The Hall–Kier alpha value is -3.67. The molecule has 1 aliphatic rings. The van der Waals surface area contributed by atoms with Crippen LogP contribution in [0.15, 0.2) is 78.9 Å². The van der Waals surface area contributed by atoms with E-state index >= 15 is 0 Å². The molecular weight excluding hydrogens is 431 g/mol. The SMILES string of the molecule is COc1ccccc1CCNC(=O)[C@@H]1C[C@@H](c2ccccc2)CN(C(=O)c2ccccc2F)C1. The van der Waals surface area contributed by atoms with E-state index in [0.717, 1.165) is 16.9 Å². The quantitative estimate of drug-likeness (QED) is 0.567. The molecule has 0 aliphatic carbocycles. The number of nitrogens with zero attached hydrogens (tertiary/aromatic N) is 1. The fourth-order valence-electron chi connectivity index (χ4n) is 4.60. The Morgan fingerprint density at radius 2 is 1.68 bits per heavy atom. The summed E-state index contributed by atoms with van der Waals surface area (Å²) in [6.07, 6.45) is 1.27. The predicted octanol–water partition coefficient (Wildman–Crippen LogP) is 4.44. The Bertz CT molecular complexity index is 1140. The van der Waals surface area contributed by atoms with Crippen molar-refractivity contribution < 1.29 is 18.7 Å². The number of halogens is 1. The number of piperidine rings is 1. The van der Waals surface area contributed by atoms with Crippen LogP contribution < -0.4 is 10.1 Å². The molecule has 0 unspecified atom stereocenters. The van der Waals surface area contributed by atoms with E-state index in [2.05, 4.69) is 5.32 Å². The van der Waals surface area contributed by atoms with E-state index in [1.165, 1.54) is 12.1 Å². The number of benzene rings is 3. The molecule has 4 rings (SSSR count). The highest BCUT2D eigenvalue weighted by molar-refractivity contribution is 5.95. The zero-order valence-electron chi connectivity index (χ0n) is 19.2. The van der Waals surface area contributed by atoms with Crippen molar-refractivity contribution in [3.8, 4) is 5.75 Å². The molecule has 2 amide bonds. The van der Waals surface area contributed by atoms with Crippen molar-refractivity contribution in [2.24, 2.45) is 5.92 Å². The van der Waals surface area contributed by atoms with Crippen molar-refractivity contribution in [2.45, 2.75) is 18.8 Å². The highest BCUT2D eigenvalue weighted by Gasteiger charge is 2.35. The summed E-state index contributed by atoms with van der Waals surface area (Å²) in [6, 6.07) is 23.6. The lowest BCUT2D eigenvalue weighted by atomic mass is 9.83. The number of amides is 2. The first-order chi connectivity index (χ1) is 16.6. The molecule has 1 aliphatic heterocycles. The lowest BCUT2D eigenvalue weighted by Crippen LogP contribution is -2.48. The van der Waals surface area contributed by atoms with E-state index in [4.69, 9.17) is 4.74 Å². The minimum Gasteiger partial charge on any atom is -0.496 e. The van der Waals surface area contributed by atoms with Crippen molar-refractivity contribution in [3.05, 3.63) is 101 Å². The maximum absolute atomic E-state index is 14.3. The second kappa shape index (κ2) is 11.0. The fraction of sp³-hybridized carbons (Fsp3) is 0.286. The second-order valence-electron chi connectivity index (χ2n) is 8.58. The molecule has 3 aromatic carbocycles. The summed E-state index contributed by atoms with van der Waals surface area (Å²) < 4.78 is 19.7. The van der Waals surface area contributed by atoms with E-state index in [9.17, 15) is 14.0 Å². The van der Waals surface area contributed by atoms with Crippen LogP contribution in [-0.2, 0) is 11.2 Å². The number of hydrogen-bond donors (Lipinski definition) is 1. The molecule has 0 spiro atoms. The molecule has 3 aromatic rings. The predicted molar refractivity (Wildman–Crippen MR) is 129 cm³/mol. The van der Waals surface area contributed by atoms with Crippen molar-refractivity contribution in [2.75, 3.05) is 26.7 Å². The van der Waals surface area contributed by atoms with Gasteiger partial charge in [0.1, 0.15) is 11.6 Å². The van der Waals surface area contributed by atoms with Gasteiger partial charge in [-0.2, -0.15) is 0 Å². The van der Waals surface area contributed by atoms with Crippen LogP contribution in [0.1, 0.15) is 33.8 Å². The van der Waals surface area contributed by atoms with Crippen LogP contribution >= 0.6 is 0 Å². The number of hydrogen-bond acceptors (Lipinski definition) is 3. The first-order valence-electron chi connectivity index (χ1n) is 11.5. The molecule has 0 aromatic heterocycles. The van der Waals surface area contributed by atoms with Gasteiger partial charge in [0.05, 0.1) is 18.6 Å². The molecule has 2 atom stereocenters. The number of ether oxygens (including phenoxy) is 1. The monoisotopic (exact) mass is 460 g/mol. The molecule has 1 N–H and O–H groups in total. The summed E-state index contributed by atoms with van der Waals surface area (Å²) in [6.45, 7) is 1.17. The fourth-order valence-corrected chi connectivity index (χ4v) is 4.60. The van der Waals surface area contributed by atoms with Crippen molar-refractivity contribution in [1.29, 1.82) is 0 Å². The molecule has 0 saturated carbocycles. The Labute approximate surface area is 199 Å². The van der Waals surface area contributed by atoms with Crippen LogP contribution in [0, 0.1) is 11.7 Å². The van der Waals surface area contributed by atoms with Crippen molar-refractivity contribution in [3.63, 3.8) is 0 Å². The standard InChI is InChI=1S/C28H29FN2O3/c1-34-26-14-8-5-11-21(26)15-16-30-27(32)23-17-22(20-9-3-2-4-10-20)18-31(19-23)28(33)24-12-6-7-13-25(24)29/h2-14,22-23H,15-19H2,1H3,(H,30,32)/t22-,23-/m1/s1. The van der Waals surface area contributed by atoms with Gasteiger partial charge in [-0.25, -0.2) is 4.39 Å². The van der Waals surface area contributed by atoms with Crippen molar-refractivity contribution in [1.82, 2.24) is 10.2 Å². The molecule has 34 heavy (non-hydrogen) atoms. The van der Waals surface area contributed by atoms with Gasteiger partial charge in [0.2, 0.25) is 5.91 Å². The summed E-state index contributed by atoms with van der Waals surface area (Å²) in [5.41, 5.74) is 2.12. The van der Waals surface area contributed by atoms with E-state index < -0.39 is 5.82 Å². The Balaban J connectivity index is 1.48. The summed E-state index contributed by atoms with van der Waals surface area (Å²) in [4.78, 5) is 27.9. The van der Waals surface area contributed by atoms with Crippen LogP contribution in [0.5, 0.6) is 5.75 Å². The van der Waals surface area contributed by atoms with Gasteiger partial charge in [-0.3, -0.25) is 9.59 Å². The van der Waals surface area contributed by atoms with Gasteiger partial charge in [-0.1, -0.05) is 60.7 Å². The minimum atomic E-state index is -0.549. The highest BCUT2D eigenvalue weighted by Crippen LogP contribution is 2.31. The van der Waals surface area contributed by atoms with Gasteiger partial charge < -0.3 is 15.0 Å². The largest absolute Gasteiger partial charge is 0.496 e.